The van der Waals surface area contributed by atoms with Crippen molar-refractivity contribution in [3.8, 4) is 0 Å². The molecular weight excluding hydrogens is 216 g/mol. The van der Waals surface area contributed by atoms with Gasteiger partial charge in [0.15, 0.2) is 0 Å². The zero-order valence-electron chi connectivity index (χ0n) is 11.1. The van der Waals surface area contributed by atoms with Gasteiger partial charge >= 0.3 is 0 Å². The van der Waals surface area contributed by atoms with Crippen LogP contribution < -0.4 is 16.0 Å². The lowest BCUT2D eigenvalue weighted by Crippen LogP contribution is -2.20. The second-order valence-electron chi connectivity index (χ2n) is 4.40. The molecule has 0 radical (unpaired) electrons. The van der Waals surface area contributed by atoms with E-state index in [0.717, 1.165) is 6.42 Å². The third-order valence-corrected chi connectivity index (χ3v) is 2.41. The van der Waals surface area contributed by atoms with Crippen LogP contribution in [0.5, 0.6) is 0 Å². The summed E-state index contributed by atoms with van der Waals surface area (Å²) in [5.41, 5.74) is 5.64. The van der Waals surface area contributed by atoms with E-state index in [0.29, 0.717) is 17.9 Å². The van der Waals surface area contributed by atoms with Crippen LogP contribution in [0, 0.1) is 0 Å². The van der Waals surface area contributed by atoms with Gasteiger partial charge in [0.1, 0.15) is 0 Å². The number of rotatable bonds is 6. The summed E-state index contributed by atoms with van der Waals surface area (Å²) < 4.78 is 0. The Morgan fingerprint density at radius 2 is 2.00 bits per heavy atom. The van der Waals surface area contributed by atoms with E-state index in [-0.39, 0.29) is 5.95 Å². The molecule has 6 nitrogen and oxygen atoms in total. The molecule has 1 rings (SSSR count). The number of nitrogens with zero attached hydrogens (tertiary/aromatic N) is 4. The fourth-order valence-electron chi connectivity index (χ4n) is 1.45. The Labute approximate surface area is 103 Å². The zero-order valence-corrected chi connectivity index (χ0v) is 11.1. The van der Waals surface area contributed by atoms with Crippen molar-refractivity contribution in [1.82, 2.24) is 15.0 Å². The Bertz CT molecular complexity index is 352. The third kappa shape index (κ3) is 4.42. The summed E-state index contributed by atoms with van der Waals surface area (Å²) in [7, 11) is 3.75. The van der Waals surface area contributed by atoms with Crippen LogP contribution >= 0.6 is 0 Å². The van der Waals surface area contributed by atoms with Crippen molar-refractivity contribution in [3.05, 3.63) is 0 Å². The summed E-state index contributed by atoms with van der Waals surface area (Å²) >= 11 is 0. The van der Waals surface area contributed by atoms with E-state index in [4.69, 9.17) is 5.73 Å². The number of nitrogens with one attached hydrogen (secondary N) is 1. The normalized spacial score (nSPS) is 12.2. The van der Waals surface area contributed by atoms with Gasteiger partial charge in [0.25, 0.3) is 0 Å². The minimum absolute atomic E-state index is 0.244. The molecule has 0 aliphatic heterocycles. The van der Waals surface area contributed by atoms with Gasteiger partial charge in [-0.1, -0.05) is 19.8 Å². The van der Waals surface area contributed by atoms with E-state index in [1.807, 2.05) is 14.1 Å². The van der Waals surface area contributed by atoms with Gasteiger partial charge in [-0.3, -0.25) is 0 Å². The van der Waals surface area contributed by atoms with Crippen molar-refractivity contribution in [2.75, 3.05) is 30.0 Å². The summed E-state index contributed by atoms with van der Waals surface area (Å²) in [5.74, 6) is 1.36. The molecule has 0 aromatic carbocycles. The maximum absolute atomic E-state index is 5.64. The fourth-order valence-corrected chi connectivity index (χ4v) is 1.45. The second kappa shape index (κ2) is 6.22. The number of aromatic nitrogens is 3. The molecule has 0 spiro atoms. The highest BCUT2D eigenvalue weighted by Gasteiger charge is 2.08. The van der Waals surface area contributed by atoms with Gasteiger partial charge in [0.05, 0.1) is 0 Å². The van der Waals surface area contributed by atoms with Crippen LogP contribution in [0.25, 0.3) is 0 Å². The first-order chi connectivity index (χ1) is 8.02. The lowest BCUT2D eigenvalue weighted by molar-refractivity contribution is 0.640. The molecule has 1 unspecified atom stereocenters. The summed E-state index contributed by atoms with van der Waals surface area (Å²) in [6.07, 6.45) is 3.48. The van der Waals surface area contributed by atoms with Crippen LogP contribution in [-0.2, 0) is 0 Å². The number of unbranched alkanes of at least 4 members (excludes halogenated alkanes) is 1. The van der Waals surface area contributed by atoms with E-state index in [1.54, 1.807) is 4.90 Å². The Morgan fingerprint density at radius 3 is 2.59 bits per heavy atom. The molecule has 17 heavy (non-hydrogen) atoms. The highest BCUT2D eigenvalue weighted by Crippen LogP contribution is 2.11. The predicted molar refractivity (Wildman–Crippen MR) is 71.2 cm³/mol. The second-order valence-corrected chi connectivity index (χ2v) is 4.40. The van der Waals surface area contributed by atoms with Gasteiger partial charge in [-0.05, 0) is 13.3 Å². The average Bonchev–Trinajstić information content (AvgIpc) is 2.25. The molecule has 1 aromatic heterocycles. The first kappa shape index (κ1) is 13.5. The molecule has 0 saturated carbocycles. The Morgan fingerprint density at radius 1 is 1.29 bits per heavy atom. The fraction of sp³-hybridized carbons (Fsp3) is 0.727. The number of hydrogen-bond acceptors (Lipinski definition) is 6. The Kier molecular flexibility index (Phi) is 4.93. The van der Waals surface area contributed by atoms with Crippen molar-refractivity contribution < 1.29 is 0 Å². The van der Waals surface area contributed by atoms with Crippen LogP contribution in [0.1, 0.15) is 33.1 Å². The van der Waals surface area contributed by atoms with Crippen LogP contribution in [-0.4, -0.2) is 35.1 Å². The molecule has 1 atom stereocenters. The molecule has 6 heteroatoms. The standard InChI is InChI=1S/C11H22N6/c1-5-6-7-8(2)13-10-14-9(12)15-11(16-10)17(3)4/h8H,5-7H2,1-4H3,(H3,12,13,14,15,16). The van der Waals surface area contributed by atoms with E-state index >= 15 is 0 Å². The zero-order chi connectivity index (χ0) is 12.8. The molecule has 0 fully saturated rings. The summed E-state index contributed by atoms with van der Waals surface area (Å²) in [6.45, 7) is 4.29. The molecule has 0 saturated heterocycles. The van der Waals surface area contributed by atoms with Crippen LogP contribution in [0.15, 0.2) is 0 Å². The first-order valence-electron chi connectivity index (χ1n) is 5.98. The maximum Gasteiger partial charge on any atom is 0.231 e. The van der Waals surface area contributed by atoms with Gasteiger partial charge in [0.2, 0.25) is 17.8 Å². The monoisotopic (exact) mass is 238 g/mol. The molecule has 3 N–H and O–H groups in total. The number of anilines is 3. The van der Waals surface area contributed by atoms with Crippen LogP contribution in [0.3, 0.4) is 0 Å². The van der Waals surface area contributed by atoms with E-state index in [2.05, 4.69) is 34.1 Å². The van der Waals surface area contributed by atoms with Crippen molar-refractivity contribution in [1.29, 1.82) is 0 Å². The quantitative estimate of drug-likeness (QED) is 0.782. The molecule has 0 aliphatic carbocycles. The maximum atomic E-state index is 5.64. The Balaban J connectivity index is 2.70. The predicted octanol–water partition coefficient (Wildman–Crippen LogP) is 1.51. The van der Waals surface area contributed by atoms with E-state index in [9.17, 15) is 0 Å². The third-order valence-electron chi connectivity index (χ3n) is 2.41. The smallest absolute Gasteiger partial charge is 0.231 e. The minimum atomic E-state index is 0.244. The summed E-state index contributed by atoms with van der Waals surface area (Å²) in [6, 6.07) is 0.340. The largest absolute Gasteiger partial charge is 0.368 e. The van der Waals surface area contributed by atoms with E-state index in [1.165, 1.54) is 12.8 Å². The molecule has 1 heterocycles. The van der Waals surface area contributed by atoms with Crippen molar-refractivity contribution in [3.63, 3.8) is 0 Å². The van der Waals surface area contributed by atoms with Gasteiger partial charge in [-0.15, -0.1) is 0 Å². The van der Waals surface area contributed by atoms with Gasteiger partial charge in [-0.2, -0.15) is 15.0 Å². The van der Waals surface area contributed by atoms with Crippen molar-refractivity contribution >= 4 is 17.8 Å². The van der Waals surface area contributed by atoms with Crippen LogP contribution in [0.4, 0.5) is 17.8 Å². The van der Waals surface area contributed by atoms with Gasteiger partial charge in [0, 0.05) is 20.1 Å². The molecule has 1 aromatic rings. The Hall–Kier alpha value is -1.59. The number of hydrogen-bond donors (Lipinski definition) is 2. The van der Waals surface area contributed by atoms with Gasteiger partial charge in [-0.25, -0.2) is 0 Å². The number of nitrogen functional groups attached to an aromatic ring is 1. The summed E-state index contributed by atoms with van der Waals surface area (Å²) in [5, 5.41) is 3.24. The van der Waals surface area contributed by atoms with Crippen LogP contribution in [0.2, 0.25) is 0 Å². The lowest BCUT2D eigenvalue weighted by Gasteiger charge is -2.15. The SMILES string of the molecule is CCCCC(C)Nc1nc(N)nc(N(C)C)n1. The molecule has 96 valence electrons. The molecule has 0 bridgehead atoms. The van der Waals surface area contributed by atoms with E-state index < -0.39 is 0 Å². The van der Waals surface area contributed by atoms with Crippen molar-refractivity contribution in [2.24, 2.45) is 0 Å². The average molecular weight is 238 g/mol. The summed E-state index contributed by atoms with van der Waals surface area (Å²) in [4.78, 5) is 14.2. The number of nitrogens with two attached hydrogens (primary N) is 1. The van der Waals surface area contributed by atoms with Gasteiger partial charge < -0.3 is 16.0 Å². The highest BCUT2D eigenvalue weighted by atomic mass is 15.3. The molecule has 0 amide bonds. The molecule has 0 aliphatic rings. The highest BCUT2D eigenvalue weighted by molar-refractivity contribution is 5.41. The van der Waals surface area contributed by atoms with Crippen molar-refractivity contribution in [2.45, 2.75) is 39.2 Å². The molecular formula is C11H22N6. The first-order valence-corrected chi connectivity index (χ1v) is 5.98. The topological polar surface area (TPSA) is 80.0 Å². The minimum Gasteiger partial charge on any atom is -0.368 e. The lowest BCUT2D eigenvalue weighted by atomic mass is 10.1.